The summed E-state index contributed by atoms with van der Waals surface area (Å²) in [4.78, 5) is 17.6. The van der Waals surface area contributed by atoms with Gasteiger partial charge in [-0.3, -0.25) is 9.80 Å². The van der Waals surface area contributed by atoms with Gasteiger partial charge in [-0.15, -0.1) is 11.3 Å². The van der Waals surface area contributed by atoms with E-state index < -0.39 is 5.97 Å². The third kappa shape index (κ3) is 4.78. The number of hydrogen-bond acceptors (Lipinski definition) is 4. The molecule has 1 N–H and O–H groups in total. The summed E-state index contributed by atoms with van der Waals surface area (Å²) in [6.45, 7) is 6.86. The van der Waals surface area contributed by atoms with Crippen molar-refractivity contribution in [1.82, 2.24) is 9.80 Å². The van der Waals surface area contributed by atoms with Gasteiger partial charge in [-0.2, -0.15) is 0 Å². The molecule has 0 aliphatic carbocycles. The maximum atomic E-state index is 11.0. The minimum atomic E-state index is -0.853. The van der Waals surface area contributed by atoms with E-state index in [9.17, 15) is 4.79 Å². The second-order valence-corrected chi connectivity index (χ2v) is 8.90. The van der Waals surface area contributed by atoms with E-state index in [1.54, 1.807) is 12.1 Å². The Bertz CT molecular complexity index is 765. The van der Waals surface area contributed by atoms with E-state index in [4.69, 9.17) is 5.11 Å². The molecule has 3 heterocycles. The Morgan fingerprint density at radius 3 is 2.52 bits per heavy atom. The molecule has 0 saturated carbocycles. The van der Waals surface area contributed by atoms with Crippen LogP contribution < -0.4 is 0 Å². The van der Waals surface area contributed by atoms with Crippen molar-refractivity contribution in [3.63, 3.8) is 0 Å². The number of benzene rings is 1. The van der Waals surface area contributed by atoms with Gasteiger partial charge < -0.3 is 5.11 Å². The number of hydrogen-bond donors (Lipinski definition) is 1. The largest absolute Gasteiger partial charge is 0.478 e. The van der Waals surface area contributed by atoms with Crippen LogP contribution >= 0.6 is 11.3 Å². The maximum absolute atomic E-state index is 11.0. The SMILES string of the molecule is O=C(O)c1ccc(C2CCCN(Cc3cc(CN4CCCC4)cs3)C2)cc1. The second-order valence-electron chi connectivity index (χ2n) is 7.91. The van der Waals surface area contributed by atoms with Gasteiger partial charge in [0.25, 0.3) is 0 Å². The van der Waals surface area contributed by atoms with Gasteiger partial charge in [-0.1, -0.05) is 12.1 Å². The van der Waals surface area contributed by atoms with E-state index in [2.05, 4.69) is 21.2 Å². The molecule has 5 heteroatoms. The molecule has 0 spiro atoms. The molecule has 0 amide bonds. The van der Waals surface area contributed by atoms with E-state index in [-0.39, 0.29) is 0 Å². The number of likely N-dealkylation sites (tertiary alicyclic amines) is 2. The molecule has 1 aromatic carbocycles. The van der Waals surface area contributed by atoms with Crippen LogP contribution in [-0.2, 0) is 13.1 Å². The Morgan fingerprint density at radius 2 is 1.78 bits per heavy atom. The van der Waals surface area contributed by atoms with Gasteiger partial charge in [0.1, 0.15) is 0 Å². The van der Waals surface area contributed by atoms with Crippen LogP contribution in [0.25, 0.3) is 0 Å². The van der Waals surface area contributed by atoms with Gasteiger partial charge in [0.05, 0.1) is 5.56 Å². The molecule has 2 aliphatic rings. The first-order chi connectivity index (χ1) is 13.2. The summed E-state index contributed by atoms with van der Waals surface area (Å²) in [5, 5.41) is 11.4. The van der Waals surface area contributed by atoms with E-state index in [1.807, 2.05) is 23.5 Å². The fourth-order valence-corrected chi connectivity index (χ4v) is 5.30. The first-order valence-corrected chi connectivity index (χ1v) is 10.9. The van der Waals surface area contributed by atoms with Crippen LogP contribution in [0.1, 0.15) is 58.0 Å². The minimum absolute atomic E-state index is 0.371. The zero-order valence-corrected chi connectivity index (χ0v) is 16.6. The second kappa shape index (κ2) is 8.55. The maximum Gasteiger partial charge on any atom is 0.335 e. The van der Waals surface area contributed by atoms with Crippen molar-refractivity contribution < 1.29 is 9.90 Å². The zero-order valence-electron chi connectivity index (χ0n) is 15.8. The first kappa shape index (κ1) is 18.7. The van der Waals surface area contributed by atoms with E-state index in [1.165, 1.54) is 54.8 Å². The fraction of sp³-hybridized carbons (Fsp3) is 0.500. The molecular weight excluding hydrogens is 356 g/mol. The highest BCUT2D eigenvalue weighted by atomic mass is 32.1. The summed E-state index contributed by atoms with van der Waals surface area (Å²) in [7, 11) is 0. The first-order valence-electron chi connectivity index (χ1n) is 10.0. The molecule has 1 aromatic heterocycles. The number of carboxylic acids is 1. The molecule has 2 aromatic rings. The number of aromatic carboxylic acids is 1. The highest BCUT2D eigenvalue weighted by molar-refractivity contribution is 7.10. The third-order valence-corrected chi connectivity index (χ3v) is 6.80. The number of carboxylic acid groups (broad SMARTS) is 1. The summed E-state index contributed by atoms with van der Waals surface area (Å²) in [6, 6.07) is 9.86. The summed E-state index contributed by atoms with van der Waals surface area (Å²) in [5.41, 5.74) is 3.11. The average Bonchev–Trinajstić information content (AvgIpc) is 3.35. The number of nitrogens with zero attached hydrogens (tertiary/aromatic N) is 2. The normalized spacial score (nSPS) is 21.6. The number of thiophene rings is 1. The monoisotopic (exact) mass is 384 g/mol. The molecule has 1 unspecified atom stereocenters. The smallest absolute Gasteiger partial charge is 0.335 e. The lowest BCUT2D eigenvalue weighted by atomic mass is 9.90. The summed E-state index contributed by atoms with van der Waals surface area (Å²) >= 11 is 1.90. The molecule has 4 nitrogen and oxygen atoms in total. The lowest BCUT2D eigenvalue weighted by Gasteiger charge is -2.32. The van der Waals surface area contributed by atoms with E-state index >= 15 is 0 Å². The van der Waals surface area contributed by atoms with Crippen LogP contribution in [0.15, 0.2) is 35.7 Å². The molecular formula is C22H28N2O2S. The predicted octanol–water partition coefficient (Wildman–Crippen LogP) is 4.42. The number of piperidine rings is 1. The van der Waals surface area contributed by atoms with Crippen molar-refractivity contribution in [1.29, 1.82) is 0 Å². The van der Waals surface area contributed by atoms with Crippen LogP contribution in [0, 0.1) is 0 Å². The van der Waals surface area contributed by atoms with E-state index in [0.29, 0.717) is 11.5 Å². The number of rotatable bonds is 6. The minimum Gasteiger partial charge on any atom is -0.478 e. The molecule has 27 heavy (non-hydrogen) atoms. The van der Waals surface area contributed by atoms with Crippen LogP contribution in [0.5, 0.6) is 0 Å². The lowest BCUT2D eigenvalue weighted by molar-refractivity contribution is 0.0697. The van der Waals surface area contributed by atoms with Crippen molar-refractivity contribution in [2.45, 2.75) is 44.7 Å². The summed E-state index contributed by atoms with van der Waals surface area (Å²) < 4.78 is 0. The van der Waals surface area contributed by atoms with Crippen LogP contribution in [0.3, 0.4) is 0 Å². The van der Waals surface area contributed by atoms with Gasteiger partial charge in [0, 0.05) is 24.5 Å². The van der Waals surface area contributed by atoms with Gasteiger partial charge in [0.2, 0.25) is 0 Å². The lowest BCUT2D eigenvalue weighted by Crippen LogP contribution is -2.33. The molecule has 144 valence electrons. The van der Waals surface area contributed by atoms with Crippen molar-refractivity contribution in [2.75, 3.05) is 26.2 Å². The van der Waals surface area contributed by atoms with Crippen molar-refractivity contribution in [3.8, 4) is 0 Å². The average molecular weight is 385 g/mol. The topological polar surface area (TPSA) is 43.8 Å². The van der Waals surface area contributed by atoms with Gasteiger partial charge in [-0.25, -0.2) is 4.79 Å². The highest BCUT2D eigenvalue weighted by Crippen LogP contribution is 2.29. The number of carbonyl (C=O) groups is 1. The van der Waals surface area contributed by atoms with Crippen LogP contribution in [-0.4, -0.2) is 47.1 Å². The molecule has 2 aliphatic heterocycles. The Balaban J connectivity index is 1.34. The zero-order chi connectivity index (χ0) is 18.6. The molecule has 0 bridgehead atoms. The van der Waals surface area contributed by atoms with Crippen molar-refractivity contribution in [3.05, 3.63) is 57.3 Å². The molecule has 2 saturated heterocycles. The van der Waals surface area contributed by atoms with Gasteiger partial charge in [0.15, 0.2) is 0 Å². The Kier molecular flexibility index (Phi) is 5.91. The van der Waals surface area contributed by atoms with Gasteiger partial charge in [-0.05, 0) is 85.9 Å². The Morgan fingerprint density at radius 1 is 1.04 bits per heavy atom. The van der Waals surface area contributed by atoms with Crippen molar-refractivity contribution >= 4 is 17.3 Å². The molecule has 0 radical (unpaired) electrons. The highest BCUT2D eigenvalue weighted by Gasteiger charge is 2.22. The van der Waals surface area contributed by atoms with E-state index in [0.717, 1.165) is 26.2 Å². The molecule has 4 rings (SSSR count). The third-order valence-electron chi connectivity index (χ3n) is 5.83. The van der Waals surface area contributed by atoms with Crippen molar-refractivity contribution in [2.24, 2.45) is 0 Å². The Hall–Kier alpha value is -1.69. The van der Waals surface area contributed by atoms with Crippen LogP contribution in [0.4, 0.5) is 0 Å². The summed E-state index contributed by atoms with van der Waals surface area (Å²) in [5.74, 6) is -0.347. The van der Waals surface area contributed by atoms with Crippen LogP contribution in [0.2, 0.25) is 0 Å². The quantitative estimate of drug-likeness (QED) is 0.801. The molecule has 1 atom stereocenters. The summed E-state index contributed by atoms with van der Waals surface area (Å²) in [6.07, 6.45) is 5.09. The standard InChI is InChI=1S/C22H28N2O2S/c25-22(26)19-7-5-18(6-8-19)20-4-3-11-24(14-20)15-21-12-17(16-27-21)13-23-9-1-2-10-23/h5-8,12,16,20H,1-4,9-11,13-15H2,(H,25,26). The predicted molar refractivity (Wildman–Crippen MR) is 109 cm³/mol. The fourth-order valence-electron chi connectivity index (χ4n) is 4.38. The Labute approximate surface area is 165 Å². The van der Waals surface area contributed by atoms with Gasteiger partial charge >= 0.3 is 5.97 Å². The molecule has 2 fully saturated rings.